The van der Waals surface area contributed by atoms with E-state index in [-0.39, 0.29) is 12.4 Å². The van der Waals surface area contributed by atoms with Crippen molar-refractivity contribution < 1.29 is 9.84 Å². The Balaban J connectivity index is 3.10. The lowest BCUT2D eigenvalue weighted by atomic mass is 10.3. The highest BCUT2D eigenvalue weighted by molar-refractivity contribution is 4.53. The lowest BCUT2D eigenvalue weighted by Crippen LogP contribution is -2.08. The van der Waals surface area contributed by atoms with Crippen molar-refractivity contribution in [2.24, 2.45) is 0 Å². The van der Waals surface area contributed by atoms with Crippen molar-refractivity contribution in [2.45, 2.75) is 33.3 Å². The Morgan fingerprint density at radius 1 is 1.75 bits per heavy atom. The average Bonchev–Trinajstić information content (AvgIpc) is 1.65. The molecule has 2 nitrogen and oxygen atoms in total. The summed E-state index contributed by atoms with van der Waals surface area (Å²) in [7, 11) is 0. The van der Waals surface area contributed by atoms with E-state index < -0.39 is 0 Å². The molecule has 0 saturated heterocycles. The third kappa shape index (κ3) is 4.09. The summed E-state index contributed by atoms with van der Waals surface area (Å²) in [4.78, 5) is 0. The third-order valence-corrected chi connectivity index (χ3v) is 0.947. The fourth-order valence-electron chi connectivity index (χ4n) is 0.374. The Labute approximate surface area is 50.5 Å². The van der Waals surface area contributed by atoms with Gasteiger partial charge in [-0.1, -0.05) is 6.92 Å². The van der Waals surface area contributed by atoms with E-state index in [9.17, 15) is 0 Å². The quantitative estimate of drug-likeness (QED) is 0.609. The molecule has 1 atom stereocenters. The van der Waals surface area contributed by atoms with Gasteiger partial charge in [0.2, 0.25) is 6.29 Å². The van der Waals surface area contributed by atoms with E-state index in [1.54, 1.807) is 0 Å². The molecule has 0 amide bonds. The largest absolute Gasteiger partial charge is 0.362 e. The first-order valence-corrected chi connectivity index (χ1v) is 2.86. The fraction of sp³-hybridized carbons (Fsp3) is 0.833. The van der Waals surface area contributed by atoms with Gasteiger partial charge in [0.1, 0.15) is 0 Å². The van der Waals surface area contributed by atoms with Crippen LogP contribution in [0.5, 0.6) is 0 Å². The molecule has 2 heteroatoms. The van der Waals surface area contributed by atoms with Crippen LogP contribution in [0.4, 0.5) is 0 Å². The molecule has 1 radical (unpaired) electrons. The smallest absolute Gasteiger partial charge is 0.218 e. The van der Waals surface area contributed by atoms with Gasteiger partial charge in [-0.3, -0.25) is 0 Å². The molecule has 0 saturated carbocycles. The van der Waals surface area contributed by atoms with Crippen LogP contribution in [0.15, 0.2) is 0 Å². The summed E-state index contributed by atoms with van der Waals surface area (Å²) in [5, 5.41) is 8.55. The minimum absolute atomic E-state index is 0.0550. The molecule has 0 heterocycles. The molecule has 0 aliphatic heterocycles. The Hall–Kier alpha value is -0.0800. The second-order valence-corrected chi connectivity index (χ2v) is 1.86. The minimum atomic E-state index is 0.0550. The molecule has 0 aromatic rings. The van der Waals surface area contributed by atoms with Crippen molar-refractivity contribution in [3.8, 4) is 0 Å². The molecule has 0 spiro atoms. The van der Waals surface area contributed by atoms with Crippen molar-refractivity contribution in [1.29, 1.82) is 0 Å². The van der Waals surface area contributed by atoms with Crippen LogP contribution in [0.2, 0.25) is 0 Å². The summed E-state index contributed by atoms with van der Waals surface area (Å²) in [6, 6.07) is 0. The second-order valence-electron chi connectivity index (χ2n) is 1.86. The van der Waals surface area contributed by atoms with Gasteiger partial charge in [-0.05, 0) is 20.3 Å². The molecule has 0 bridgehead atoms. The molecule has 8 heavy (non-hydrogen) atoms. The maximum atomic E-state index is 8.55. The Bertz CT molecular complexity index is 52.5. The van der Waals surface area contributed by atoms with Crippen LogP contribution in [0.25, 0.3) is 0 Å². The molecule has 49 valence electrons. The summed E-state index contributed by atoms with van der Waals surface area (Å²) in [6.07, 6.45) is 1.12. The summed E-state index contributed by atoms with van der Waals surface area (Å²) in [5.74, 6) is 0. The number of hydrogen-bond donors (Lipinski definition) is 1. The van der Waals surface area contributed by atoms with E-state index in [1.165, 1.54) is 6.92 Å². The fourth-order valence-corrected chi connectivity index (χ4v) is 0.374. The summed E-state index contributed by atoms with van der Waals surface area (Å²) in [6.45, 7) is 5.46. The monoisotopic (exact) mass is 117 g/mol. The molecule has 1 unspecified atom stereocenters. The first kappa shape index (κ1) is 7.92. The molecule has 0 aliphatic carbocycles. The van der Waals surface area contributed by atoms with Crippen LogP contribution in [0.3, 0.4) is 0 Å². The zero-order valence-electron chi connectivity index (χ0n) is 5.64. The van der Waals surface area contributed by atoms with Gasteiger partial charge < -0.3 is 9.84 Å². The Morgan fingerprint density at radius 3 is 2.38 bits per heavy atom. The van der Waals surface area contributed by atoms with E-state index in [0.29, 0.717) is 0 Å². The third-order valence-electron chi connectivity index (χ3n) is 0.947. The molecular weight excluding hydrogens is 104 g/mol. The second kappa shape index (κ2) is 3.87. The molecular formula is C6H13O2. The highest BCUT2D eigenvalue weighted by Gasteiger charge is 2.02. The average molecular weight is 117 g/mol. The predicted octanol–water partition coefficient (Wildman–Crippen LogP) is 1.68. The van der Waals surface area contributed by atoms with Gasteiger partial charge in [-0.2, -0.15) is 0 Å². The standard InChI is InChI=1S/C6H13O2/c1-4-5(2)8-6(3)7/h5,7H,4H2,1-3H3. The Kier molecular flexibility index (Phi) is 3.83. The van der Waals surface area contributed by atoms with Crippen molar-refractivity contribution in [3.63, 3.8) is 0 Å². The molecule has 0 aliphatic rings. The Morgan fingerprint density at radius 2 is 2.25 bits per heavy atom. The van der Waals surface area contributed by atoms with E-state index >= 15 is 0 Å². The lowest BCUT2D eigenvalue weighted by molar-refractivity contribution is -0.0276. The molecule has 0 aromatic carbocycles. The summed E-state index contributed by atoms with van der Waals surface area (Å²) in [5.41, 5.74) is 0. The van der Waals surface area contributed by atoms with Crippen molar-refractivity contribution in [1.82, 2.24) is 0 Å². The van der Waals surface area contributed by atoms with Gasteiger partial charge >= 0.3 is 0 Å². The zero-order chi connectivity index (χ0) is 6.57. The van der Waals surface area contributed by atoms with Gasteiger partial charge in [0.25, 0.3) is 0 Å². The van der Waals surface area contributed by atoms with E-state index in [1.807, 2.05) is 13.8 Å². The van der Waals surface area contributed by atoms with Crippen molar-refractivity contribution in [2.75, 3.05) is 0 Å². The first-order valence-electron chi connectivity index (χ1n) is 2.86. The summed E-state index contributed by atoms with van der Waals surface area (Å²) >= 11 is 0. The van der Waals surface area contributed by atoms with Crippen LogP contribution >= 0.6 is 0 Å². The van der Waals surface area contributed by atoms with E-state index in [4.69, 9.17) is 9.84 Å². The van der Waals surface area contributed by atoms with Crippen molar-refractivity contribution >= 4 is 0 Å². The van der Waals surface area contributed by atoms with Crippen LogP contribution < -0.4 is 0 Å². The van der Waals surface area contributed by atoms with Crippen LogP contribution in [0, 0.1) is 6.29 Å². The van der Waals surface area contributed by atoms with Crippen LogP contribution in [-0.4, -0.2) is 11.2 Å². The maximum Gasteiger partial charge on any atom is 0.218 e. The maximum absolute atomic E-state index is 8.55. The van der Waals surface area contributed by atoms with E-state index in [0.717, 1.165) is 6.42 Å². The van der Waals surface area contributed by atoms with Crippen LogP contribution in [-0.2, 0) is 4.74 Å². The van der Waals surface area contributed by atoms with Gasteiger partial charge in [-0.15, -0.1) is 0 Å². The first-order chi connectivity index (χ1) is 3.66. The molecule has 0 rings (SSSR count). The normalized spacial score (nSPS) is 14.6. The minimum Gasteiger partial charge on any atom is -0.362 e. The van der Waals surface area contributed by atoms with Gasteiger partial charge in [0, 0.05) is 0 Å². The van der Waals surface area contributed by atoms with E-state index in [2.05, 4.69) is 0 Å². The van der Waals surface area contributed by atoms with Crippen LogP contribution in [0.1, 0.15) is 27.2 Å². The number of ether oxygens (including phenoxy) is 1. The van der Waals surface area contributed by atoms with Gasteiger partial charge in [0.15, 0.2) is 0 Å². The van der Waals surface area contributed by atoms with Gasteiger partial charge in [-0.25, -0.2) is 0 Å². The predicted molar refractivity (Wildman–Crippen MR) is 31.7 cm³/mol. The number of aliphatic hydroxyl groups is 1. The highest BCUT2D eigenvalue weighted by atomic mass is 16.6. The molecule has 1 N–H and O–H groups in total. The SMILES string of the molecule is CCC(C)O[C](C)O. The highest BCUT2D eigenvalue weighted by Crippen LogP contribution is 2.02. The lowest BCUT2D eigenvalue weighted by Gasteiger charge is -2.10. The van der Waals surface area contributed by atoms with Gasteiger partial charge in [0.05, 0.1) is 6.10 Å². The topological polar surface area (TPSA) is 29.5 Å². The number of aliphatic hydroxyl groups excluding tert-OH is 1. The number of rotatable bonds is 3. The zero-order valence-corrected chi connectivity index (χ0v) is 5.64. The summed E-state index contributed by atoms with van der Waals surface area (Å²) < 4.78 is 4.87. The molecule has 0 aromatic heterocycles. The molecule has 0 fully saturated rings. The number of hydrogen-bond acceptors (Lipinski definition) is 2. The van der Waals surface area contributed by atoms with Crippen molar-refractivity contribution in [3.05, 3.63) is 6.29 Å².